The van der Waals surface area contributed by atoms with Gasteiger partial charge in [-0.3, -0.25) is 4.79 Å². The minimum Gasteiger partial charge on any atom is -0.481 e. The predicted octanol–water partition coefficient (Wildman–Crippen LogP) is 5.79. The van der Waals surface area contributed by atoms with Gasteiger partial charge in [-0.05, 0) is 24.0 Å². The molecule has 0 saturated heterocycles. The summed E-state index contributed by atoms with van der Waals surface area (Å²) in [4.78, 5) is 59.0. The molecule has 0 aliphatic heterocycles. The van der Waals surface area contributed by atoms with Crippen LogP contribution >= 0.6 is 23.5 Å². The van der Waals surface area contributed by atoms with E-state index in [0.29, 0.717) is 12.2 Å². The zero-order valence-electron chi connectivity index (χ0n) is 26.2. The number of carbonyl (C=O) groups is 5. The fourth-order valence-corrected chi connectivity index (χ4v) is 7.01. The molecule has 0 fully saturated rings. The van der Waals surface area contributed by atoms with Gasteiger partial charge in [0.05, 0.1) is 0 Å². The Labute approximate surface area is 283 Å². The number of ether oxygens (including phenoxy) is 2. The number of carbonyl (C=O) groups excluding carboxylic acids is 2. The Morgan fingerprint density at radius 2 is 1.09 bits per heavy atom. The fourth-order valence-electron chi connectivity index (χ4n) is 4.28. The number of amides is 2. The molecule has 3 unspecified atom stereocenters. The summed E-state index contributed by atoms with van der Waals surface area (Å²) in [6.07, 6.45) is 4.28. The first kappa shape index (κ1) is 39.3. The summed E-state index contributed by atoms with van der Waals surface area (Å²) in [5, 5.41) is 32.9. The number of carboxylic acid groups (broad SMARTS) is 3. The quantitative estimate of drug-likeness (QED) is 0.0835. The predicted molar refractivity (Wildman–Crippen MR) is 181 cm³/mol. The second-order valence-electron chi connectivity index (χ2n) is 10.7. The number of thioether (sulfide) groups is 2. The number of hydrogen-bond donors (Lipinski definition) is 5. The summed E-state index contributed by atoms with van der Waals surface area (Å²) < 4.78 is 10.3. The summed E-state index contributed by atoms with van der Waals surface area (Å²) in [7, 11) is 0. The highest BCUT2D eigenvalue weighted by Crippen LogP contribution is 2.24. The molecule has 0 saturated carbocycles. The van der Waals surface area contributed by atoms with Crippen molar-refractivity contribution in [3.63, 3.8) is 0 Å². The smallest absolute Gasteiger partial charge is 0.408 e. The van der Waals surface area contributed by atoms with Crippen LogP contribution in [0.15, 0.2) is 60.7 Å². The Hall–Kier alpha value is -3.91. The standard InChI is InChI=1S/C33H44N2O10S2/c36-29(37)18-12-4-2-1-3-11-17-26(47-23-28(31(40)41)35-33(43)45-20-25-15-9-6-10-16-25)21-46-22-27(30(38)39)34-32(42)44-19-24-13-7-5-8-14-24/h5-10,13-16,26-28H,1-4,11-12,17-23H2,(H,34,42)(H,35,43)(H,36,37)(H,38,39)(H,40,41). The van der Waals surface area contributed by atoms with Gasteiger partial charge in [0.1, 0.15) is 25.3 Å². The normalized spacial score (nSPS) is 12.7. The van der Waals surface area contributed by atoms with Crippen LogP contribution in [0.25, 0.3) is 0 Å². The maximum absolute atomic E-state index is 12.3. The monoisotopic (exact) mass is 692 g/mol. The van der Waals surface area contributed by atoms with Gasteiger partial charge in [0, 0.05) is 28.9 Å². The second kappa shape index (κ2) is 23.4. The van der Waals surface area contributed by atoms with E-state index in [9.17, 15) is 34.2 Å². The lowest BCUT2D eigenvalue weighted by atomic mass is 10.1. The number of benzene rings is 2. The van der Waals surface area contributed by atoms with Gasteiger partial charge in [-0.25, -0.2) is 19.2 Å². The van der Waals surface area contributed by atoms with Crippen molar-refractivity contribution in [3.8, 4) is 0 Å². The van der Waals surface area contributed by atoms with Crippen LogP contribution in [0.4, 0.5) is 9.59 Å². The lowest BCUT2D eigenvalue weighted by molar-refractivity contribution is -0.139. The Bertz CT molecular complexity index is 1240. The van der Waals surface area contributed by atoms with Crippen LogP contribution in [0.3, 0.4) is 0 Å². The molecule has 2 aromatic rings. The van der Waals surface area contributed by atoms with Gasteiger partial charge in [-0.2, -0.15) is 23.5 Å². The molecular weight excluding hydrogens is 649 g/mol. The van der Waals surface area contributed by atoms with Crippen LogP contribution in [-0.2, 0) is 37.1 Å². The molecule has 47 heavy (non-hydrogen) atoms. The summed E-state index contributed by atoms with van der Waals surface area (Å²) in [5.74, 6) is -2.58. The average Bonchev–Trinajstić information content (AvgIpc) is 3.05. The van der Waals surface area contributed by atoms with Gasteiger partial charge in [0.2, 0.25) is 0 Å². The van der Waals surface area contributed by atoms with Crippen LogP contribution in [-0.4, -0.2) is 80.0 Å². The number of hydrogen-bond acceptors (Lipinski definition) is 9. The maximum Gasteiger partial charge on any atom is 0.408 e. The highest BCUT2D eigenvalue weighted by atomic mass is 32.2. The molecule has 0 bridgehead atoms. The van der Waals surface area contributed by atoms with Crippen molar-refractivity contribution < 1.29 is 48.8 Å². The zero-order valence-corrected chi connectivity index (χ0v) is 27.8. The van der Waals surface area contributed by atoms with Crippen molar-refractivity contribution in [3.05, 3.63) is 71.8 Å². The lowest BCUT2D eigenvalue weighted by Gasteiger charge is -2.21. The zero-order chi connectivity index (χ0) is 34.3. The largest absolute Gasteiger partial charge is 0.481 e. The van der Waals surface area contributed by atoms with Crippen molar-refractivity contribution in [1.29, 1.82) is 0 Å². The molecule has 0 aromatic heterocycles. The molecule has 258 valence electrons. The van der Waals surface area contributed by atoms with E-state index in [0.717, 1.165) is 49.7 Å². The average molecular weight is 693 g/mol. The van der Waals surface area contributed by atoms with E-state index in [1.54, 1.807) is 48.5 Å². The molecule has 12 nitrogen and oxygen atoms in total. The third-order valence-electron chi connectivity index (χ3n) is 6.86. The molecule has 2 rings (SSSR count). The Morgan fingerprint density at radius 1 is 0.617 bits per heavy atom. The first-order valence-electron chi connectivity index (χ1n) is 15.4. The molecular formula is C33H44N2O10S2. The van der Waals surface area contributed by atoms with Crippen LogP contribution in [0.5, 0.6) is 0 Å². The van der Waals surface area contributed by atoms with E-state index in [2.05, 4.69) is 10.6 Å². The second-order valence-corrected chi connectivity index (χ2v) is 13.1. The van der Waals surface area contributed by atoms with Gasteiger partial charge in [-0.15, -0.1) is 0 Å². The summed E-state index contributed by atoms with van der Waals surface area (Å²) in [6, 6.07) is 15.6. The van der Waals surface area contributed by atoms with E-state index in [1.807, 2.05) is 12.1 Å². The van der Waals surface area contributed by atoms with E-state index in [1.165, 1.54) is 23.5 Å². The highest BCUT2D eigenvalue weighted by Gasteiger charge is 2.25. The minimum atomic E-state index is -1.20. The van der Waals surface area contributed by atoms with Crippen molar-refractivity contribution >= 4 is 53.6 Å². The number of alkyl carbamates (subject to hydrolysis) is 2. The fraction of sp³-hybridized carbons (Fsp3) is 0.485. The maximum atomic E-state index is 12.3. The Morgan fingerprint density at radius 3 is 1.57 bits per heavy atom. The van der Waals surface area contributed by atoms with Crippen molar-refractivity contribution in [2.75, 3.05) is 17.3 Å². The molecule has 0 spiro atoms. The molecule has 2 aromatic carbocycles. The summed E-state index contributed by atoms with van der Waals surface area (Å²) in [5.41, 5.74) is 1.53. The van der Waals surface area contributed by atoms with Gasteiger partial charge in [0.15, 0.2) is 0 Å². The van der Waals surface area contributed by atoms with Gasteiger partial charge in [-0.1, -0.05) is 92.8 Å². The Kier molecular flexibility index (Phi) is 19.6. The first-order chi connectivity index (χ1) is 22.6. The highest BCUT2D eigenvalue weighted by molar-refractivity contribution is 8.03. The van der Waals surface area contributed by atoms with Crippen molar-refractivity contribution in [2.45, 2.75) is 81.9 Å². The van der Waals surface area contributed by atoms with Gasteiger partial charge in [0.25, 0.3) is 0 Å². The summed E-state index contributed by atoms with van der Waals surface area (Å²) in [6.45, 7) is 0.00329. The molecule has 5 N–H and O–H groups in total. The molecule has 14 heteroatoms. The van der Waals surface area contributed by atoms with Crippen LogP contribution in [0.2, 0.25) is 0 Å². The van der Waals surface area contributed by atoms with E-state index in [-0.39, 0.29) is 36.4 Å². The summed E-state index contributed by atoms with van der Waals surface area (Å²) >= 11 is 2.70. The van der Waals surface area contributed by atoms with E-state index >= 15 is 0 Å². The molecule has 0 aliphatic carbocycles. The number of aliphatic carboxylic acids is 3. The number of rotatable bonds is 24. The molecule has 0 radical (unpaired) electrons. The van der Waals surface area contributed by atoms with Crippen molar-refractivity contribution in [2.24, 2.45) is 0 Å². The SMILES string of the molecule is O=C(O)CCCCCCCCC(CSCC(NC(=O)OCc1ccccc1)C(=O)O)SCC(NC(=O)OCc1ccccc1)C(=O)O. The number of unbranched alkanes of at least 4 members (excludes halogenated alkanes) is 5. The third-order valence-corrected chi connectivity index (χ3v) is 9.68. The van der Waals surface area contributed by atoms with Crippen LogP contribution in [0, 0.1) is 0 Å². The molecule has 2 amide bonds. The van der Waals surface area contributed by atoms with Crippen LogP contribution < -0.4 is 10.6 Å². The molecule has 0 aliphatic rings. The number of nitrogens with one attached hydrogen (secondary N) is 2. The van der Waals surface area contributed by atoms with Gasteiger partial charge < -0.3 is 35.4 Å². The first-order valence-corrected chi connectivity index (χ1v) is 17.7. The van der Waals surface area contributed by atoms with Crippen molar-refractivity contribution in [1.82, 2.24) is 10.6 Å². The van der Waals surface area contributed by atoms with E-state index in [4.69, 9.17) is 14.6 Å². The molecule has 3 atom stereocenters. The van der Waals surface area contributed by atoms with Gasteiger partial charge >= 0.3 is 30.1 Å². The third kappa shape index (κ3) is 18.7. The van der Waals surface area contributed by atoms with E-state index < -0.39 is 42.2 Å². The molecule has 0 heterocycles. The topological polar surface area (TPSA) is 189 Å². The van der Waals surface area contributed by atoms with Crippen LogP contribution in [0.1, 0.15) is 62.5 Å². The minimum absolute atomic E-state index is 0.000303. The number of carboxylic acids is 3. The Balaban J connectivity index is 1.87. The lowest BCUT2D eigenvalue weighted by Crippen LogP contribution is -2.43.